The normalized spacial score (nSPS) is 11.7. The summed E-state index contributed by atoms with van der Waals surface area (Å²) in [6.45, 7) is 0. The maximum absolute atomic E-state index is 12.1. The van der Waals surface area contributed by atoms with Gasteiger partial charge in [-0.05, 0) is 32.1 Å². The van der Waals surface area contributed by atoms with Gasteiger partial charge in [0, 0.05) is 19.3 Å². The third-order valence-electron chi connectivity index (χ3n) is 6.37. The minimum Gasteiger partial charge on any atom is -0.481 e. The number of carbonyl (C=O) groups excluding carboxylic acids is 2. The molecule has 1 atom stereocenters. The lowest BCUT2D eigenvalue weighted by Gasteiger charge is -2.11. The Bertz CT molecular complexity index is 662. The third kappa shape index (κ3) is 20.7. The van der Waals surface area contributed by atoms with Gasteiger partial charge in [0.15, 0.2) is 11.6 Å². The number of ketones is 2. The highest BCUT2D eigenvalue weighted by molar-refractivity contribution is 6.38. The number of hydrogen-bond acceptors (Lipinski definition) is 6. The highest BCUT2D eigenvalue weighted by Crippen LogP contribution is 2.16. The molecule has 0 bridgehead atoms. The molecule has 4 N–H and O–H groups in total. The summed E-state index contributed by atoms with van der Waals surface area (Å²) in [5, 5.41) is 32.6. The molecule has 8 nitrogen and oxygen atoms in total. The fourth-order valence-corrected chi connectivity index (χ4v) is 4.07. The van der Waals surface area contributed by atoms with Crippen molar-refractivity contribution in [2.24, 2.45) is 5.92 Å². The van der Waals surface area contributed by atoms with Crippen LogP contribution in [-0.4, -0.2) is 45.6 Å². The van der Waals surface area contributed by atoms with Gasteiger partial charge < -0.3 is 21.0 Å². The van der Waals surface area contributed by atoms with Gasteiger partial charge >= 0.3 is 11.9 Å². The van der Waals surface area contributed by atoms with Crippen LogP contribution in [0, 0.1) is 16.7 Å². The maximum atomic E-state index is 12.1. The quantitative estimate of drug-likeness (QED) is 0.0807. The number of Topliss-reactive ketones (excluding diaryl/α,β-unsaturated/α-hetero) is 2. The lowest BCUT2D eigenvalue weighted by Crippen LogP contribution is -2.19. The molecule has 35 heavy (non-hydrogen) atoms. The van der Waals surface area contributed by atoms with Gasteiger partial charge in [-0.15, -0.1) is 0 Å². The van der Waals surface area contributed by atoms with Crippen LogP contribution < -0.4 is 0 Å². The number of hydrogen-bond donors (Lipinski definition) is 4. The number of aliphatic carboxylic acids is 2. The summed E-state index contributed by atoms with van der Waals surface area (Å²) in [7, 11) is 0. The van der Waals surface area contributed by atoms with Gasteiger partial charge in [-0.3, -0.25) is 19.2 Å². The van der Waals surface area contributed by atoms with E-state index < -0.39 is 23.6 Å². The molecule has 200 valence electrons. The molecule has 0 saturated heterocycles. The Morgan fingerprint density at radius 2 is 1.00 bits per heavy atom. The highest BCUT2D eigenvalue weighted by atomic mass is 16.4. The minimum absolute atomic E-state index is 0.000668. The SMILES string of the molecule is N=CC(=O)CC[C@H](CCC(=N)C(=O)CCCCCCCCCCCCCCCCC(=O)O)C(=O)O. The van der Waals surface area contributed by atoms with Crippen LogP contribution in [0.4, 0.5) is 0 Å². The van der Waals surface area contributed by atoms with Gasteiger partial charge in [0.05, 0.1) is 17.8 Å². The molecule has 0 saturated carbocycles. The Labute approximate surface area is 210 Å². The van der Waals surface area contributed by atoms with Crippen LogP contribution in [0.1, 0.15) is 128 Å². The molecule has 0 heterocycles. The lowest BCUT2D eigenvalue weighted by atomic mass is 9.93. The Morgan fingerprint density at radius 3 is 1.40 bits per heavy atom. The Kier molecular flexibility index (Phi) is 20.6. The van der Waals surface area contributed by atoms with E-state index in [1.54, 1.807) is 0 Å². The van der Waals surface area contributed by atoms with E-state index in [0.717, 1.165) is 44.9 Å². The summed E-state index contributed by atoms with van der Waals surface area (Å²) >= 11 is 0. The molecule has 0 aromatic carbocycles. The first-order valence-electron chi connectivity index (χ1n) is 13.4. The van der Waals surface area contributed by atoms with Crippen LogP contribution in [0.5, 0.6) is 0 Å². The summed E-state index contributed by atoms with van der Waals surface area (Å²) in [6, 6.07) is 0. The Balaban J connectivity index is 3.61. The first kappa shape index (κ1) is 32.6. The molecule has 0 rings (SSSR count). The second-order valence-electron chi connectivity index (χ2n) is 9.47. The van der Waals surface area contributed by atoms with Crippen molar-refractivity contribution in [2.75, 3.05) is 0 Å². The molecular weight excluding hydrogens is 448 g/mol. The standard InChI is InChI=1S/C27H46N2O6/c28-21-23(30)19-17-22(27(34)35)18-20-24(29)25(31)15-13-11-9-7-5-3-1-2-4-6-8-10-12-14-16-26(32)33/h21-22,28-29H,1-20H2,(H,32,33)(H,34,35)/t22-/m1/s1. The molecule has 0 spiro atoms. The van der Waals surface area contributed by atoms with E-state index in [1.807, 2.05) is 0 Å². The number of carboxylic acids is 2. The van der Waals surface area contributed by atoms with E-state index in [0.29, 0.717) is 12.6 Å². The number of carboxylic acid groups (broad SMARTS) is 2. The summed E-state index contributed by atoms with van der Waals surface area (Å²) in [6.07, 6.45) is 17.2. The van der Waals surface area contributed by atoms with Crippen molar-refractivity contribution in [3.8, 4) is 0 Å². The van der Waals surface area contributed by atoms with E-state index in [1.165, 1.54) is 44.9 Å². The molecule has 0 aromatic rings. The second-order valence-corrected chi connectivity index (χ2v) is 9.47. The maximum Gasteiger partial charge on any atom is 0.306 e. The topological polar surface area (TPSA) is 156 Å². The summed E-state index contributed by atoms with van der Waals surface area (Å²) in [5.41, 5.74) is -0.0325. The van der Waals surface area contributed by atoms with Crippen molar-refractivity contribution < 1.29 is 29.4 Å². The molecule has 0 aromatic heterocycles. The van der Waals surface area contributed by atoms with E-state index in [2.05, 4.69) is 0 Å². The third-order valence-corrected chi connectivity index (χ3v) is 6.37. The molecule has 0 aliphatic carbocycles. The largest absolute Gasteiger partial charge is 0.481 e. The van der Waals surface area contributed by atoms with Gasteiger partial charge in [0.1, 0.15) is 0 Å². The molecule has 0 unspecified atom stereocenters. The van der Waals surface area contributed by atoms with E-state index in [4.69, 9.17) is 15.9 Å². The average Bonchev–Trinajstić information content (AvgIpc) is 2.82. The minimum atomic E-state index is -1.03. The van der Waals surface area contributed by atoms with Crippen molar-refractivity contribution in [2.45, 2.75) is 128 Å². The van der Waals surface area contributed by atoms with E-state index >= 15 is 0 Å². The van der Waals surface area contributed by atoms with E-state index in [9.17, 15) is 24.3 Å². The summed E-state index contributed by atoms with van der Waals surface area (Å²) in [4.78, 5) is 45.0. The van der Waals surface area contributed by atoms with Crippen molar-refractivity contribution >= 4 is 35.4 Å². The Hall–Kier alpha value is -2.38. The Morgan fingerprint density at radius 1 is 0.600 bits per heavy atom. The number of unbranched alkanes of at least 4 members (excludes halogenated alkanes) is 13. The summed E-state index contributed by atoms with van der Waals surface area (Å²) in [5.74, 6) is -3.14. The monoisotopic (exact) mass is 494 g/mol. The molecule has 0 radical (unpaired) electrons. The smallest absolute Gasteiger partial charge is 0.306 e. The van der Waals surface area contributed by atoms with Crippen LogP contribution in [0.15, 0.2) is 0 Å². The molecule has 0 aliphatic rings. The molecule has 0 amide bonds. The van der Waals surface area contributed by atoms with Gasteiger partial charge in [-0.2, -0.15) is 0 Å². The van der Waals surface area contributed by atoms with Crippen LogP contribution in [-0.2, 0) is 19.2 Å². The fourth-order valence-electron chi connectivity index (χ4n) is 4.07. The molecule has 0 aliphatic heterocycles. The van der Waals surface area contributed by atoms with Crippen molar-refractivity contribution in [3.05, 3.63) is 0 Å². The first-order chi connectivity index (χ1) is 16.8. The predicted octanol–water partition coefficient (Wildman–Crippen LogP) is 6.38. The zero-order valence-corrected chi connectivity index (χ0v) is 21.3. The highest BCUT2D eigenvalue weighted by Gasteiger charge is 2.20. The van der Waals surface area contributed by atoms with Crippen LogP contribution in [0.2, 0.25) is 0 Å². The fraction of sp³-hybridized carbons (Fsp3) is 0.778. The number of nitrogens with one attached hydrogen (secondary N) is 2. The van der Waals surface area contributed by atoms with Gasteiger partial charge in [0.2, 0.25) is 0 Å². The van der Waals surface area contributed by atoms with Crippen LogP contribution in [0.3, 0.4) is 0 Å². The van der Waals surface area contributed by atoms with E-state index in [-0.39, 0.29) is 43.6 Å². The molecular formula is C27H46N2O6. The molecule has 0 fully saturated rings. The lowest BCUT2D eigenvalue weighted by molar-refractivity contribution is -0.142. The van der Waals surface area contributed by atoms with Gasteiger partial charge in [0.25, 0.3) is 0 Å². The van der Waals surface area contributed by atoms with Gasteiger partial charge in [-0.25, -0.2) is 0 Å². The van der Waals surface area contributed by atoms with Crippen LogP contribution in [0.25, 0.3) is 0 Å². The predicted molar refractivity (Wildman–Crippen MR) is 138 cm³/mol. The van der Waals surface area contributed by atoms with Crippen molar-refractivity contribution in [3.63, 3.8) is 0 Å². The zero-order valence-electron chi connectivity index (χ0n) is 21.3. The number of rotatable bonds is 26. The van der Waals surface area contributed by atoms with Crippen molar-refractivity contribution in [1.82, 2.24) is 0 Å². The summed E-state index contributed by atoms with van der Waals surface area (Å²) < 4.78 is 0. The average molecular weight is 495 g/mol. The number of carbonyl (C=O) groups is 4. The zero-order chi connectivity index (χ0) is 26.3. The van der Waals surface area contributed by atoms with Crippen LogP contribution >= 0.6 is 0 Å². The molecule has 8 heteroatoms. The second kappa shape index (κ2) is 22.1. The first-order valence-corrected chi connectivity index (χ1v) is 13.4. The van der Waals surface area contributed by atoms with Crippen molar-refractivity contribution in [1.29, 1.82) is 10.8 Å². The van der Waals surface area contributed by atoms with Gasteiger partial charge in [-0.1, -0.05) is 77.0 Å².